The zero-order valence-electron chi connectivity index (χ0n) is 19.5. The van der Waals surface area contributed by atoms with Gasteiger partial charge in [-0.3, -0.25) is 9.59 Å². The Morgan fingerprint density at radius 3 is 2.11 bits per heavy atom. The molecule has 0 heterocycles. The van der Waals surface area contributed by atoms with Gasteiger partial charge in [-0.25, -0.2) is 12.8 Å². The zero-order chi connectivity index (χ0) is 25.9. The molecule has 3 rings (SSSR count). The number of halogens is 1. The van der Waals surface area contributed by atoms with Crippen molar-refractivity contribution < 1.29 is 32.2 Å². The minimum absolute atomic E-state index is 0.141. The van der Waals surface area contributed by atoms with E-state index in [1.807, 2.05) is 0 Å². The average Bonchev–Trinajstić information content (AvgIpc) is 2.77. The van der Waals surface area contributed by atoms with Crippen LogP contribution in [-0.4, -0.2) is 31.4 Å². The zero-order valence-corrected chi connectivity index (χ0v) is 20.4. The van der Waals surface area contributed by atoms with Crippen molar-refractivity contribution in [3.05, 3.63) is 71.5 Å². The summed E-state index contributed by atoms with van der Waals surface area (Å²) < 4.78 is 45.1. The molecule has 0 unspecified atom stereocenters. The molecule has 10 heteroatoms. The Balaban J connectivity index is 1.87. The lowest BCUT2D eigenvalue weighted by molar-refractivity contribution is -0.136. The molecule has 2 amide bonds. The summed E-state index contributed by atoms with van der Waals surface area (Å²) in [6.45, 7) is 6.93. The van der Waals surface area contributed by atoms with Gasteiger partial charge in [-0.1, -0.05) is 0 Å². The minimum atomic E-state index is -4.14. The predicted molar refractivity (Wildman–Crippen MR) is 128 cm³/mol. The van der Waals surface area contributed by atoms with E-state index in [2.05, 4.69) is 10.6 Å². The molecule has 3 N–H and O–H groups in total. The molecular formula is C25H25FN2O6S. The first kappa shape index (κ1) is 25.7. The SMILES string of the molecule is Cc1cc(NC(=O)C(=O)NC(C)C)cc(C)c1Oc1ccc(O)c(S(=O)(=O)c2ccc(F)cc2)c1. The van der Waals surface area contributed by atoms with Gasteiger partial charge in [0, 0.05) is 17.8 Å². The fourth-order valence-electron chi connectivity index (χ4n) is 3.33. The van der Waals surface area contributed by atoms with Crippen molar-refractivity contribution in [2.45, 2.75) is 43.5 Å². The number of ether oxygens (including phenoxy) is 1. The Morgan fingerprint density at radius 2 is 1.54 bits per heavy atom. The molecule has 0 bridgehead atoms. The van der Waals surface area contributed by atoms with Crippen LogP contribution in [0.5, 0.6) is 17.2 Å². The van der Waals surface area contributed by atoms with Gasteiger partial charge in [0.2, 0.25) is 9.84 Å². The molecule has 8 nitrogen and oxygen atoms in total. The van der Waals surface area contributed by atoms with Gasteiger partial charge in [0.1, 0.15) is 28.0 Å². The molecular weight excluding hydrogens is 475 g/mol. The molecule has 0 saturated heterocycles. The van der Waals surface area contributed by atoms with Crippen LogP contribution < -0.4 is 15.4 Å². The summed E-state index contributed by atoms with van der Waals surface area (Å²) in [5, 5.41) is 15.2. The molecule has 0 aliphatic carbocycles. The number of benzene rings is 3. The summed E-state index contributed by atoms with van der Waals surface area (Å²) in [7, 11) is -4.14. The average molecular weight is 501 g/mol. The Bertz CT molecular complexity index is 1360. The van der Waals surface area contributed by atoms with Crippen LogP contribution in [0.4, 0.5) is 10.1 Å². The lowest BCUT2D eigenvalue weighted by Crippen LogP contribution is -2.39. The number of aryl methyl sites for hydroxylation is 2. The van der Waals surface area contributed by atoms with Crippen molar-refractivity contribution in [1.82, 2.24) is 5.32 Å². The number of phenolic OH excluding ortho intramolecular Hbond substituents is 1. The highest BCUT2D eigenvalue weighted by atomic mass is 32.2. The molecule has 0 atom stereocenters. The number of aromatic hydroxyl groups is 1. The number of rotatable bonds is 6. The molecule has 0 aliphatic rings. The number of carbonyl (C=O) groups is 2. The van der Waals surface area contributed by atoms with Gasteiger partial charge in [0.25, 0.3) is 0 Å². The van der Waals surface area contributed by atoms with Crippen LogP contribution in [-0.2, 0) is 19.4 Å². The van der Waals surface area contributed by atoms with Crippen molar-refractivity contribution in [1.29, 1.82) is 0 Å². The van der Waals surface area contributed by atoms with E-state index >= 15 is 0 Å². The van der Waals surface area contributed by atoms with Crippen LogP contribution in [0.15, 0.2) is 64.4 Å². The van der Waals surface area contributed by atoms with E-state index in [1.54, 1.807) is 39.8 Å². The number of hydrogen-bond acceptors (Lipinski definition) is 6. The van der Waals surface area contributed by atoms with E-state index in [0.29, 0.717) is 22.6 Å². The summed E-state index contributed by atoms with van der Waals surface area (Å²) in [6, 6.07) is 11.1. The number of carbonyl (C=O) groups excluding carboxylic acids is 2. The van der Waals surface area contributed by atoms with Gasteiger partial charge in [-0.15, -0.1) is 0 Å². The largest absolute Gasteiger partial charge is 0.507 e. The van der Waals surface area contributed by atoms with Crippen LogP contribution in [0.25, 0.3) is 0 Å². The van der Waals surface area contributed by atoms with Crippen LogP contribution in [0.1, 0.15) is 25.0 Å². The maximum absolute atomic E-state index is 13.2. The maximum atomic E-state index is 13.2. The second-order valence-corrected chi connectivity index (χ2v) is 10.1. The first-order valence-electron chi connectivity index (χ1n) is 10.6. The van der Waals surface area contributed by atoms with E-state index in [-0.39, 0.29) is 16.7 Å². The van der Waals surface area contributed by atoms with Crippen LogP contribution in [0.2, 0.25) is 0 Å². The maximum Gasteiger partial charge on any atom is 0.313 e. The summed E-state index contributed by atoms with van der Waals surface area (Å²) in [5.74, 6) is -2.08. The van der Waals surface area contributed by atoms with E-state index in [4.69, 9.17) is 4.74 Å². The van der Waals surface area contributed by atoms with Gasteiger partial charge in [0.15, 0.2) is 0 Å². The molecule has 0 aliphatic heterocycles. The van der Waals surface area contributed by atoms with E-state index < -0.39 is 38.1 Å². The Kier molecular flexibility index (Phi) is 7.45. The minimum Gasteiger partial charge on any atom is -0.507 e. The highest BCUT2D eigenvalue weighted by Crippen LogP contribution is 2.36. The van der Waals surface area contributed by atoms with Gasteiger partial charge < -0.3 is 20.5 Å². The summed E-state index contributed by atoms with van der Waals surface area (Å²) in [4.78, 5) is 23.4. The summed E-state index contributed by atoms with van der Waals surface area (Å²) in [6.07, 6.45) is 0. The first-order chi connectivity index (χ1) is 16.4. The molecule has 0 spiro atoms. The smallest absolute Gasteiger partial charge is 0.313 e. The normalized spacial score (nSPS) is 11.3. The van der Waals surface area contributed by atoms with Gasteiger partial charge in [-0.05, 0) is 87.4 Å². The highest BCUT2D eigenvalue weighted by Gasteiger charge is 2.23. The second-order valence-electron chi connectivity index (χ2n) is 8.21. The van der Waals surface area contributed by atoms with Crippen LogP contribution in [0, 0.1) is 19.7 Å². The predicted octanol–water partition coefficient (Wildman–Crippen LogP) is 4.24. The standard InChI is InChI=1S/C25H25FN2O6S/c1-14(2)27-24(30)25(31)28-18-11-15(3)23(16(4)12-18)34-19-7-10-21(29)22(13-19)35(32,33)20-8-5-17(26)6-9-20/h5-14,29H,1-4H3,(H,27,30)(H,28,31). The number of nitrogens with one attached hydrogen (secondary N) is 2. The van der Waals surface area contributed by atoms with Crippen molar-refractivity contribution in [2.75, 3.05) is 5.32 Å². The molecule has 184 valence electrons. The third-order valence-electron chi connectivity index (χ3n) is 4.91. The number of phenols is 1. The van der Waals surface area contributed by atoms with Gasteiger partial charge in [-0.2, -0.15) is 0 Å². The van der Waals surface area contributed by atoms with Crippen molar-refractivity contribution >= 4 is 27.3 Å². The molecule has 0 saturated carbocycles. The van der Waals surface area contributed by atoms with Crippen molar-refractivity contribution in [3.63, 3.8) is 0 Å². The number of hydrogen-bond donors (Lipinski definition) is 3. The molecule has 0 radical (unpaired) electrons. The number of amides is 2. The van der Waals surface area contributed by atoms with Crippen molar-refractivity contribution in [2.24, 2.45) is 0 Å². The van der Waals surface area contributed by atoms with Gasteiger partial charge >= 0.3 is 11.8 Å². The number of anilines is 1. The second kappa shape index (κ2) is 10.1. The van der Waals surface area contributed by atoms with Crippen molar-refractivity contribution in [3.8, 4) is 17.2 Å². The lowest BCUT2D eigenvalue weighted by Gasteiger charge is -2.16. The van der Waals surface area contributed by atoms with E-state index in [1.165, 1.54) is 18.2 Å². The lowest BCUT2D eigenvalue weighted by atomic mass is 10.1. The molecule has 3 aromatic carbocycles. The molecule has 0 fully saturated rings. The fraction of sp³-hybridized carbons (Fsp3) is 0.200. The number of sulfone groups is 1. The first-order valence-corrected chi connectivity index (χ1v) is 12.1. The van der Waals surface area contributed by atoms with E-state index in [9.17, 15) is 27.5 Å². The van der Waals surface area contributed by atoms with Crippen LogP contribution in [0.3, 0.4) is 0 Å². The highest BCUT2D eigenvalue weighted by molar-refractivity contribution is 7.91. The Hall–Kier alpha value is -3.92. The third kappa shape index (κ3) is 5.96. The van der Waals surface area contributed by atoms with Crippen LogP contribution >= 0.6 is 0 Å². The van der Waals surface area contributed by atoms with Gasteiger partial charge in [0.05, 0.1) is 4.90 Å². The Labute approximate surface area is 202 Å². The molecule has 3 aromatic rings. The fourth-order valence-corrected chi connectivity index (χ4v) is 4.69. The summed E-state index contributed by atoms with van der Waals surface area (Å²) in [5.41, 5.74) is 1.61. The Morgan fingerprint density at radius 1 is 0.943 bits per heavy atom. The third-order valence-corrected chi connectivity index (χ3v) is 6.71. The summed E-state index contributed by atoms with van der Waals surface area (Å²) >= 11 is 0. The topological polar surface area (TPSA) is 122 Å². The quantitative estimate of drug-likeness (QED) is 0.344. The molecule has 0 aromatic heterocycles. The monoisotopic (exact) mass is 500 g/mol. The molecule has 35 heavy (non-hydrogen) atoms. The van der Waals surface area contributed by atoms with E-state index in [0.717, 1.165) is 24.3 Å².